The number of aliphatic hydroxyl groups excluding tert-OH is 1. The third-order valence-electron chi connectivity index (χ3n) is 2.24. The van der Waals surface area contributed by atoms with Crippen molar-refractivity contribution in [2.75, 3.05) is 19.7 Å². The topological polar surface area (TPSA) is 52.5 Å². The zero-order valence-electron chi connectivity index (χ0n) is 8.30. The van der Waals surface area contributed by atoms with Gasteiger partial charge in [0.2, 0.25) is 0 Å². The normalized spacial score (nSPS) is 16.5. The maximum atomic E-state index is 9.77. The van der Waals surface area contributed by atoms with Crippen molar-refractivity contribution in [3.05, 3.63) is 0 Å². The van der Waals surface area contributed by atoms with Gasteiger partial charge in [-0.2, -0.15) is 0 Å². The van der Waals surface area contributed by atoms with Crippen LogP contribution in [-0.2, 0) is 0 Å². The highest BCUT2D eigenvalue weighted by molar-refractivity contribution is 4.78. The van der Waals surface area contributed by atoms with Crippen LogP contribution < -0.4 is 5.32 Å². The predicted molar refractivity (Wildman–Crippen MR) is 50.0 cm³/mol. The molecule has 0 fully saturated rings. The monoisotopic (exact) mass is 175 g/mol. The van der Waals surface area contributed by atoms with Gasteiger partial charge in [0.15, 0.2) is 0 Å². The Kier molecular flexibility index (Phi) is 5.46. The molecule has 0 bridgehead atoms. The van der Waals surface area contributed by atoms with Gasteiger partial charge in [-0.05, 0) is 25.8 Å². The summed E-state index contributed by atoms with van der Waals surface area (Å²) in [6, 6.07) is 0. The van der Waals surface area contributed by atoms with Crippen molar-refractivity contribution in [1.82, 2.24) is 5.32 Å². The maximum absolute atomic E-state index is 9.77. The van der Waals surface area contributed by atoms with Crippen LogP contribution in [0.15, 0.2) is 0 Å². The lowest BCUT2D eigenvalue weighted by molar-refractivity contribution is 0.0141. The molecule has 1 unspecified atom stereocenters. The van der Waals surface area contributed by atoms with Crippen molar-refractivity contribution in [1.29, 1.82) is 0 Å². The van der Waals surface area contributed by atoms with E-state index in [9.17, 15) is 5.11 Å². The summed E-state index contributed by atoms with van der Waals surface area (Å²) < 4.78 is 0. The van der Waals surface area contributed by atoms with Crippen LogP contribution in [0.5, 0.6) is 0 Å². The molecule has 0 aliphatic heterocycles. The van der Waals surface area contributed by atoms with Crippen LogP contribution in [0, 0.1) is 5.92 Å². The van der Waals surface area contributed by atoms with Crippen LogP contribution in [-0.4, -0.2) is 35.5 Å². The molecule has 74 valence electrons. The molecule has 3 nitrogen and oxygen atoms in total. The summed E-state index contributed by atoms with van der Waals surface area (Å²) in [5.74, 6) is 0.249. The molecule has 0 rings (SSSR count). The molecular weight excluding hydrogens is 154 g/mol. The van der Waals surface area contributed by atoms with Crippen LogP contribution in [0.4, 0.5) is 0 Å². The van der Waals surface area contributed by atoms with Crippen molar-refractivity contribution in [2.24, 2.45) is 5.92 Å². The largest absolute Gasteiger partial charge is 0.396 e. The van der Waals surface area contributed by atoms with E-state index in [0.29, 0.717) is 6.54 Å². The summed E-state index contributed by atoms with van der Waals surface area (Å²) in [5, 5.41) is 21.4. The Morgan fingerprint density at radius 2 is 2.00 bits per heavy atom. The van der Waals surface area contributed by atoms with E-state index in [0.717, 1.165) is 13.0 Å². The van der Waals surface area contributed by atoms with Gasteiger partial charge in [-0.25, -0.2) is 0 Å². The second kappa shape index (κ2) is 5.51. The number of nitrogens with one attached hydrogen (secondary N) is 1. The minimum absolute atomic E-state index is 0.205. The Morgan fingerprint density at radius 1 is 1.42 bits per heavy atom. The van der Waals surface area contributed by atoms with Crippen molar-refractivity contribution in [3.63, 3.8) is 0 Å². The molecule has 12 heavy (non-hydrogen) atoms. The summed E-state index contributed by atoms with van der Waals surface area (Å²) in [7, 11) is 0. The van der Waals surface area contributed by atoms with E-state index >= 15 is 0 Å². The second-order valence-corrected chi connectivity index (χ2v) is 3.77. The molecule has 0 aromatic heterocycles. The predicted octanol–water partition coefficient (Wildman–Crippen LogP) is 0.365. The molecule has 0 saturated carbocycles. The number of aliphatic hydroxyl groups is 2. The first-order valence-corrected chi connectivity index (χ1v) is 4.54. The van der Waals surface area contributed by atoms with E-state index in [1.165, 1.54) is 0 Å². The Morgan fingerprint density at radius 3 is 2.42 bits per heavy atom. The quantitative estimate of drug-likeness (QED) is 0.511. The summed E-state index contributed by atoms with van der Waals surface area (Å²) in [4.78, 5) is 0. The van der Waals surface area contributed by atoms with Crippen LogP contribution in [0.1, 0.15) is 27.2 Å². The van der Waals surface area contributed by atoms with Gasteiger partial charge in [-0.1, -0.05) is 13.8 Å². The summed E-state index contributed by atoms with van der Waals surface area (Å²) in [6.07, 6.45) is 0.744. The molecule has 0 spiro atoms. The van der Waals surface area contributed by atoms with Gasteiger partial charge in [0.1, 0.15) is 0 Å². The van der Waals surface area contributed by atoms with Gasteiger partial charge < -0.3 is 15.5 Å². The Labute approximate surface area is 74.8 Å². The minimum atomic E-state index is -0.643. The van der Waals surface area contributed by atoms with E-state index in [4.69, 9.17) is 5.11 Å². The zero-order valence-corrected chi connectivity index (χ0v) is 8.30. The third kappa shape index (κ3) is 4.70. The van der Waals surface area contributed by atoms with Crippen LogP contribution in [0.25, 0.3) is 0 Å². The number of rotatable bonds is 6. The highest BCUT2D eigenvalue weighted by atomic mass is 16.3. The van der Waals surface area contributed by atoms with Gasteiger partial charge in [-0.3, -0.25) is 0 Å². The van der Waals surface area contributed by atoms with E-state index in [1.54, 1.807) is 0 Å². The summed E-state index contributed by atoms with van der Waals surface area (Å²) >= 11 is 0. The number of hydrogen-bond donors (Lipinski definition) is 3. The first-order chi connectivity index (χ1) is 5.50. The van der Waals surface area contributed by atoms with E-state index < -0.39 is 5.60 Å². The van der Waals surface area contributed by atoms with Crippen molar-refractivity contribution in [3.8, 4) is 0 Å². The van der Waals surface area contributed by atoms with Crippen LogP contribution >= 0.6 is 0 Å². The standard InChI is InChI=1S/C9H21NO2/c1-8(2)9(3,12)7-10-5-4-6-11/h8,10-12H,4-7H2,1-3H3. The SMILES string of the molecule is CC(C)C(C)(O)CNCCCO. The highest BCUT2D eigenvalue weighted by Crippen LogP contribution is 2.14. The van der Waals surface area contributed by atoms with Crippen LogP contribution in [0.2, 0.25) is 0 Å². The fraction of sp³-hybridized carbons (Fsp3) is 1.00. The third-order valence-corrected chi connectivity index (χ3v) is 2.24. The fourth-order valence-electron chi connectivity index (χ4n) is 0.750. The second-order valence-electron chi connectivity index (χ2n) is 3.77. The maximum Gasteiger partial charge on any atom is 0.0766 e. The smallest absolute Gasteiger partial charge is 0.0766 e. The van der Waals surface area contributed by atoms with Crippen LogP contribution in [0.3, 0.4) is 0 Å². The molecular formula is C9H21NO2. The molecule has 0 saturated heterocycles. The molecule has 1 atom stereocenters. The molecule has 0 aromatic rings. The van der Waals surface area contributed by atoms with Gasteiger partial charge in [0.05, 0.1) is 5.60 Å². The Hall–Kier alpha value is -0.120. The molecule has 3 heteroatoms. The van der Waals surface area contributed by atoms with E-state index in [2.05, 4.69) is 5.32 Å². The zero-order chi connectivity index (χ0) is 9.61. The average molecular weight is 175 g/mol. The van der Waals surface area contributed by atoms with Crippen molar-refractivity contribution in [2.45, 2.75) is 32.8 Å². The Balaban J connectivity index is 3.47. The van der Waals surface area contributed by atoms with Crippen molar-refractivity contribution >= 4 is 0 Å². The Bertz CT molecular complexity index is 113. The average Bonchev–Trinajstić information content (AvgIpc) is 1.98. The highest BCUT2D eigenvalue weighted by Gasteiger charge is 2.23. The minimum Gasteiger partial charge on any atom is -0.396 e. The first-order valence-electron chi connectivity index (χ1n) is 4.54. The molecule has 0 heterocycles. The molecule has 0 aliphatic rings. The molecule has 0 amide bonds. The summed E-state index contributed by atoms with van der Waals surface area (Å²) in [5.41, 5.74) is -0.643. The fourth-order valence-corrected chi connectivity index (χ4v) is 0.750. The van der Waals surface area contributed by atoms with E-state index in [1.807, 2.05) is 20.8 Å². The molecule has 0 aliphatic carbocycles. The number of hydrogen-bond acceptors (Lipinski definition) is 3. The lowest BCUT2D eigenvalue weighted by atomic mass is 9.92. The lowest BCUT2D eigenvalue weighted by Crippen LogP contribution is -2.42. The lowest BCUT2D eigenvalue weighted by Gasteiger charge is -2.27. The first kappa shape index (κ1) is 11.9. The van der Waals surface area contributed by atoms with Gasteiger partial charge in [-0.15, -0.1) is 0 Å². The molecule has 0 radical (unpaired) electrons. The van der Waals surface area contributed by atoms with Gasteiger partial charge >= 0.3 is 0 Å². The molecule has 3 N–H and O–H groups in total. The molecule has 0 aromatic carbocycles. The van der Waals surface area contributed by atoms with Crippen molar-refractivity contribution < 1.29 is 10.2 Å². The van der Waals surface area contributed by atoms with E-state index in [-0.39, 0.29) is 12.5 Å². The van der Waals surface area contributed by atoms with Gasteiger partial charge in [0, 0.05) is 13.2 Å². The summed E-state index contributed by atoms with van der Waals surface area (Å²) in [6.45, 7) is 7.37. The van der Waals surface area contributed by atoms with Gasteiger partial charge in [0.25, 0.3) is 0 Å².